The van der Waals surface area contributed by atoms with Crippen LogP contribution in [0.3, 0.4) is 0 Å². The van der Waals surface area contributed by atoms with Gasteiger partial charge >= 0.3 is 0 Å². The summed E-state index contributed by atoms with van der Waals surface area (Å²) in [5, 5.41) is 3.56. The molecule has 0 radical (unpaired) electrons. The molecule has 0 saturated carbocycles. The lowest BCUT2D eigenvalue weighted by molar-refractivity contribution is -0.120. The van der Waals surface area contributed by atoms with Gasteiger partial charge in [0.15, 0.2) is 0 Å². The molecular weight excluding hydrogens is 244 g/mol. The Bertz CT molecular complexity index is 277. The number of pyridine rings is 1. The maximum Gasteiger partial charge on any atom is 0.220 e. The molecule has 0 aliphatic heterocycles. The molecule has 0 atom stereocenters. The third-order valence-corrected chi connectivity index (χ3v) is 2.20. The molecule has 0 unspecified atom stereocenters. The maximum atomic E-state index is 11.1. The second kappa shape index (κ2) is 6.54. The van der Waals surface area contributed by atoms with Gasteiger partial charge in [-0.15, -0.1) is 0 Å². The Morgan fingerprint density at radius 3 is 2.79 bits per heavy atom. The van der Waals surface area contributed by atoms with Gasteiger partial charge in [-0.1, -0.05) is 15.9 Å². The fraction of sp³-hybridized carbons (Fsp3) is 0.400. The molecule has 3 nitrogen and oxygen atoms in total. The Morgan fingerprint density at radius 1 is 1.43 bits per heavy atom. The lowest BCUT2D eigenvalue weighted by Crippen LogP contribution is -2.25. The summed E-state index contributed by atoms with van der Waals surface area (Å²) in [5.74, 6) is 0.0935. The van der Waals surface area contributed by atoms with E-state index in [1.165, 1.54) is 5.56 Å². The summed E-state index contributed by atoms with van der Waals surface area (Å²) in [5.41, 5.74) is 1.19. The fourth-order valence-corrected chi connectivity index (χ4v) is 1.43. The third-order valence-electron chi connectivity index (χ3n) is 1.81. The van der Waals surface area contributed by atoms with Crippen molar-refractivity contribution in [2.75, 3.05) is 11.9 Å². The first kappa shape index (κ1) is 11.2. The molecule has 0 aromatic carbocycles. The Morgan fingerprint density at radius 2 is 2.14 bits per heavy atom. The van der Waals surface area contributed by atoms with Gasteiger partial charge in [0.25, 0.3) is 0 Å². The largest absolute Gasteiger partial charge is 0.356 e. The van der Waals surface area contributed by atoms with Crippen molar-refractivity contribution >= 4 is 21.8 Å². The minimum atomic E-state index is 0.0935. The van der Waals surface area contributed by atoms with Crippen molar-refractivity contribution < 1.29 is 4.79 Å². The quantitative estimate of drug-likeness (QED) is 0.813. The van der Waals surface area contributed by atoms with Gasteiger partial charge in [-0.05, 0) is 24.1 Å². The van der Waals surface area contributed by atoms with Crippen molar-refractivity contribution in [3.8, 4) is 0 Å². The normalized spacial score (nSPS) is 9.79. The number of carbonyl (C=O) groups excluding carboxylic acids is 1. The first-order chi connectivity index (χ1) is 6.83. The number of nitrogens with zero attached hydrogens (tertiary/aromatic N) is 1. The fourth-order valence-electron chi connectivity index (χ4n) is 1.07. The van der Waals surface area contributed by atoms with Crippen LogP contribution in [0.1, 0.15) is 12.0 Å². The molecule has 0 saturated heterocycles. The number of alkyl halides is 1. The van der Waals surface area contributed by atoms with E-state index in [2.05, 4.69) is 26.2 Å². The number of rotatable bonds is 5. The highest BCUT2D eigenvalue weighted by Gasteiger charge is 1.98. The van der Waals surface area contributed by atoms with Crippen LogP contribution < -0.4 is 5.32 Å². The van der Waals surface area contributed by atoms with Crippen molar-refractivity contribution in [3.05, 3.63) is 30.1 Å². The monoisotopic (exact) mass is 256 g/mol. The summed E-state index contributed by atoms with van der Waals surface area (Å²) in [4.78, 5) is 15.0. The van der Waals surface area contributed by atoms with E-state index in [4.69, 9.17) is 0 Å². The highest BCUT2D eigenvalue weighted by molar-refractivity contribution is 9.09. The van der Waals surface area contributed by atoms with E-state index in [1.807, 2.05) is 12.1 Å². The van der Waals surface area contributed by atoms with Gasteiger partial charge in [0.2, 0.25) is 5.91 Å². The maximum absolute atomic E-state index is 11.1. The van der Waals surface area contributed by atoms with E-state index in [-0.39, 0.29) is 5.91 Å². The number of carbonyl (C=O) groups is 1. The van der Waals surface area contributed by atoms with E-state index in [0.717, 1.165) is 6.42 Å². The molecular formula is C10H13BrN2O. The van der Waals surface area contributed by atoms with Crippen LogP contribution in [-0.4, -0.2) is 22.8 Å². The minimum absolute atomic E-state index is 0.0935. The zero-order chi connectivity index (χ0) is 10.2. The molecule has 4 heteroatoms. The molecule has 0 bridgehead atoms. The summed E-state index contributed by atoms with van der Waals surface area (Å²) < 4.78 is 0. The molecule has 1 heterocycles. The summed E-state index contributed by atoms with van der Waals surface area (Å²) in [7, 11) is 0. The van der Waals surface area contributed by atoms with Crippen LogP contribution >= 0.6 is 15.9 Å². The predicted molar refractivity (Wildman–Crippen MR) is 59.4 cm³/mol. The van der Waals surface area contributed by atoms with Crippen LogP contribution in [0.2, 0.25) is 0 Å². The first-order valence-electron chi connectivity index (χ1n) is 4.54. The summed E-state index contributed by atoms with van der Waals surface area (Å²) in [6.45, 7) is 0.690. The second-order valence-corrected chi connectivity index (χ2v) is 3.69. The van der Waals surface area contributed by atoms with E-state index in [1.54, 1.807) is 12.4 Å². The Balaban J connectivity index is 2.19. The van der Waals surface area contributed by atoms with Gasteiger partial charge in [-0.3, -0.25) is 9.78 Å². The van der Waals surface area contributed by atoms with Crippen molar-refractivity contribution in [1.82, 2.24) is 10.3 Å². The standard InChI is InChI=1S/C10H13BrN2O/c11-5-1-10(14)13-8-4-9-2-6-12-7-3-9/h2-3,6-7H,1,4-5,8H2,(H,13,14). The highest BCUT2D eigenvalue weighted by atomic mass is 79.9. The van der Waals surface area contributed by atoms with E-state index in [9.17, 15) is 4.79 Å². The minimum Gasteiger partial charge on any atom is -0.356 e. The molecule has 1 N–H and O–H groups in total. The van der Waals surface area contributed by atoms with Gasteiger partial charge in [-0.25, -0.2) is 0 Å². The third kappa shape index (κ3) is 4.37. The van der Waals surface area contributed by atoms with Gasteiger partial charge < -0.3 is 5.32 Å². The number of hydrogen-bond donors (Lipinski definition) is 1. The Labute approximate surface area is 92.1 Å². The zero-order valence-electron chi connectivity index (χ0n) is 7.87. The number of aromatic nitrogens is 1. The van der Waals surface area contributed by atoms with Crippen molar-refractivity contribution in [3.63, 3.8) is 0 Å². The Hall–Kier alpha value is -0.900. The molecule has 0 aliphatic carbocycles. The van der Waals surface area contributed by atoms with Crippen molar-refractivity contribution in [1.29, 1.82) is 0 Å². The molecule has 14 heavy (non-hydrogen) atoms. The molecule has 0 spiro atoms. The lowest BCUT2D eigenvalue weighted by atomic mass is 10.2. The smallest absolute Gasteiger partial charge is 0.220 e. The molecule has 0 fully saturated rings. The number of halogens is 1. The molecule has 1 aromatic heterocycles. The summed E-state index contributed by atoms with van der Waals surface area (Å²) in [6.07, 6.45) is 4.91. The van der Waals surface area contributed by atoms with E-state index >= 15 is 0 Å². The van der Waals surface area contributed by atoms with Crippen LogP contribution in [0.5, 0.6) is 0 Å². The Kier molecular flexibility index (Phi) is 5.22. The SMILES string of the molecule is O=C(CCBr)NCCc1ccncc1. The van der Waals surface area contributed by atoms with E-state index in [0.29, 0.717) is 18.3 Å². The molecule has 1 amide bonds. The zero-order valence-corrected chi connectivity index (χ0v) is 9.46. The summed E-state index contributed by atoms with van der Waals surface area (Å²) in [6, 6.07) is 3.91. The van der Waals surface area contributed by atoms with Gasteiger partial charge in [0.05, 0.1) is 0 Å². The van der Waals surface area contributed by atoms with Crippen molar-refractivity contribution in [2.45, 2.75) is 12.8 Å². The van der Waals surface area contributed by atoms with Crippen molar-refractivity contribution in [2.24, 2.45) is 0 Å². The average Bonchev–Trinajstić information content (AvgIpc) is 2.20. The first-order valence-corrected chi connectivity index (χ1v) is 5.66. The molecule has 1 aromatic rings. The highest BCUT2D eigenvalue weighted by Crippen LogP contribution is 1.96. The van der Waals surface area contributed by atoms with Crippen LogP contribution in [-0.2, 0) is 11.2 Å². The molecule has 76 valence electrons. The van der Waals surface area contributed by atoms with Gasteiger partial charge in [-0.2, -0.15) is 0 Å². The van der Waals surface area contributed by atoms with Crippen LogP contribution in [0, 0.1) is 0 Å². The molecule has 1 rings (SSSR count). The number of nitrogens with one attached hydrogen (secondary N) is 1. The van der Waals surface area contributed by atoms with E-state index < -0.39 is 0 Å². The number of amides is 1. The average molecular weight is 257 g/mol. The predicted octanol–water partition coefficient (Wildman–Crippen LogP) is 1.53. The van der Waals surface area contributed by atoms with Gasteiger partial charge in [0, 0.05) is 30.7 Å². The second-order valence-electron chi connectivity index (χ2n) is 2.89. The molecule has 0 aliphatic rings. The lowest BCUT2D eigenvalue weighted by Gasteiger charge is -2.03. The van der Waals surface area contributed by atoms with Crippen LogP contribution in [0.25, 0.3) is 0 Å². The number of hydrogen-bond acceptors (Lipinski definition) is 2. The van der Waals surface area contributed by atoms with Crippen LogP contribution in [0.4, 0.5) is 0 Å². The van der Waals surface area contributed by atoms with Gasteiger partial charge in [0.1, 0.15) is 0 Å². The van der Waals surface area contributed by atoms with Crippen LogP contribution in [0.15, 0.2) is 24.5 Å². The summed E-state index contributed by atoms with van der Waals surface area (Å²) >= 11 is 3.22. The topological polar surface area (TPSA) is 42.0 Å².